The molecule has 1 aliphatic carbocycles. The van der Waals surface area contributed by atoms with Crippen molar-refractivity contribution in [2.75, 3.05) is 4.90 Å². The van der Waals surface area contributed by atoms with Crippen LogP contribution in [0.4, 0.5) is 17.1 Å². The fourth-order valence-corrected chi connectivity index (χ4v) is 7.05. The summed E-state index contributed by atoms with van der Waals surface area (Å²) in [6, 6.07) is 59.4. The van der Waals surface area contributed by atoms with Crippen molar-refractivity contribution in [1.82, 2.24) is 0 Å². The average Bonchev–Trinajstić information content (AvgIpc) is 3.08. The molecule has 0 saturated carbocycles. The molecule has 0 aromatic heterocycles. The minimum atomic E-state index is -0.134. The van der Waals surface area contributed by atoms with Gasteiger partial charge in [-0.2, -0.15) is 0 Å². The number of rotatable bonds is 5. The first kappa shape index (κ1) is 26.2. The topological polar surface area (TPSA) is 3.24 Å². The normalized spacial score (nSPS) is 13.0. The van der Waals surface area contributed by atoms with Crippen molar-refractivity contribution in [3.8, 4) is 33.4 Å². The van der Waals surface area contributed by atoms with E-state index in [0.29, 0.717) is 0 Å². The summed E-state index contributed by atoms with van der Waals surface area (Å²) in [5.74, 6) is 0. The van der Waals surface area contributed by atoms with Gasteiger partial charge in [-0.3, -0.25) is 0 Å². The number of hydrogen-bond acceptors (Lipinski definition) is 1. The number of nitrogens with zero attached hydrogens (tertiary/aromatic N) is 1. The predicted molar refractivity (Wildman–Crippen MR) is 187 cm³/mol. The summed E-state index contributed by atoms with van der Waals surface area (Å²) >= 11 is 0. The molecule has 7 aromatic carbocycles. The lowest BCUT2D eigenvalue weighted by molar-refractivity contribution is 0.645. The molecule has 7 aromatic rings. The largest absolute Gasteiger partial charge is 0.311 e. The number of anilines is 3. The first-order valence-corrected chi connectivity index (χ1v) is 15.4. The van der Waals surface area contributed by atoms with Gasteiger partial charge in [0, 0.05) is 22.5 Å². The Morgan fingerprint density at radius 2 is 0.977 bits per heavy atom. The molecule has 1 nitrogen and oxygen atoms in total. The lowest BCUT2D eigenvalue weighted by Crippen LogP contribution is -2.24. The van der Waals surface area contributed by atoms with Crippen LogP contribution in [0.2, 0.25) is 0 Å². The van der Waals surface area contributed by atoms with Crippen molar-refractivity contribution >= 4 is 27.8 Å². The van der Waals surface area contributed by atoms with E-state index in [1.165, 1.54) is 55.3 Å². The third kappa shape index (κ3) is 4.24. The molecular weight excluding hydrogens is 530 g/mol. The summed E-state index contributed by atoms with van der Waals surface area (Å²) in [7, 11) is 0. The molecule has 0 atom stereocenters. The number of hydrogen-bond donors (Lipinski definition) is 0. The predicted octanol–water partition coefficient (Wildman–Crippen LogP) is 11.9. The van der Waals surface area contributed by atoms with Crippen LogP contribution in [0.25, 0.3) is 44.2 Å². The fraction of sp³-hybridized carbons (Fsp3) is 0.0698. The van der Waals surface area contributed by atoms with Gasteiger partial charge in [-0.05, 0) is 97.7 Å². The lowest BCUT2D eigenvalue weighted by Gasteiger charge is -2.36. The zero-order valence-corrected chi connectivity index (χ0v) is 25.0. The van der Waals surface area contributed by atoms with Gasteiger partial charge in [0.05, 0.1) is 0 Å². The molecule has 0 aliphatic heterocycles. The Morgan fingerprint density at radius 1 is 0.409 bits per heavy atom. The molecule has 210 valence electrons. The summed E-state index contributed by atoms with van der Waals surface area (Å²) in [5.41, 5.74) is 13.7. The van der Waals surface area contributed by atoms with Crippen LogP contribution in [0.5, 0.6) is 0 Å². The molecule has 0 spiro atoms. The molecule has 0 bridgehead atoms. The van der Waals surface area contributed by atoms with Crippen molar-refractivity contribution in [1.29, 1.82) is 0 Å². The highest BCUT2D eigenvalue weighted by molar-refractivity contribution is 6.09. The van der Waals surface area contributed by atoms with E-state index in [4.69, 9.17) is 0 Å². The van der Waals surface area contributed by atoms with Crippen LogP contribution in [-0.2, 0) is 5.41 Å². The third-order valence-corrected chi connectivity index (χ3v) is 9.25. The van der Waals surface area contributed by atoms with E-state index in [-0.39, 0.29) is 5.41 Å². The number of para-hydroxylation sites is 2. The van der Waals surface area contributed by atoms with Gasteiger partial charge in [0.1, 0.15) is 0 Å². The minimum Gasteiger partial charge on any atom is -0.311 e. The molecule has 0 radical (unpaired) electrons. The molecule has 0 N–H and O–H groups in total. The molecule has 1 heteroatoms. The van der Waals surface area contributed by atoms with E-state index in [0.717, 1.165) is 17.1 Å². The Hall–Kier alpha value is -5.40. The second-order valence-electron chi connectivity index (χ2n) is 12.2. The Bertz CT molecular complexity index is 2070. The van der Waals surface area contributed by atoms with Crippen LogP contribution >= 0.6 is 0 Å². The van der Waals surface area contributed by atoms with Gasteiger partial charge in [-0.25, -0.2) is 0 Å². The molecule has 1 aliphatic rings. The van der Waals surface area contributed by atoms with Crippen LogP contribution < -0.4 is 4.90 Å². The molecule has 0 unspecified atom stereocenters. The molecule has 0 saturated heterocycles. The Morgan fingerprint density at radius 3 is 1.64 bits per heavy atom. The van der Waals surface area contributed by atoms with Gasteiger partial charge in [-0.15, -0.1) is 0 Å². The van der Waals surface area contributed by atoms with Crippen molar-refractivity contribution in [3.05, 3.63) is 175 Å². The van der Waals surface area contributed by atoms with Crippen molar-refractivity contribution in [2.45, 2.75) is 19.3 Å². The summed E-state index contributed by atoms with van der Waals surface area (Å²) in [6.07, 6.45) is 0. The molecule has 8 rings (SSSR count). The maximum atomic E-state index is 2.43. The van der Waals surface area contributed by atoms with E-state index < -0.39 is 0 Å². The summed E-state index contributed by atoms with van der Waals surface area (Å²) in [5, 5.41) is 2.68. The van der Waals surface area contributed by atoms with Gasteiger partial charge in [0.25, 0.3) is 0 Å². The van der Waals surface area contributed by atoms with Gasteiger partial charge >= 0.3 is 0 Å². The van der Waals surface area contributed by atoms with Crippen molar-refractivity contribution < 1.29 is 0 Å². The van der Waals surface area contributed by atoms with Crippen molar-refractivity contribution in [2.24, 2.45) is 0 Å². The third-order valence-electron chi connectivity index (χ3n) is 9.25. The lowest BCUT2D eigenvalue weighted by atomic mass is 9.67. The summed E-state index contributed by atoms with van der Waals surface area (Å²) in [4.78, 5) is 2.31. The first-order valence-electron chi connectivity index (χ1n) is 15.4. The van der Waals surface area contributed by atoms with E-state index in [1.54, 1.807) is 0 Å². The van der Waals surface area contributed by atoms with Crippen molar-refractivity contribution in [3.63, 3.8) is 0 Å². The zero-order valence-electron chi connectivity index (χ0n) is 25.0. The standard InChI is InChI=1S/C43H33N/c1-43(2)39-20-12-15-32-23-27-37(31-13-6-3-7-14-31)42(41(32)39)38-28-24-33(29-40(38)43)30-21-25-36(26-22-30)44(34-16-8-4-9-17-34)35-18-10-5-11-19-35/h3-29H,1-2H3. The molecule has 0 amide bonds. The molecule has 44 heavy (non-hydrogen) atoms. The quantitative estimate of drug-likeness (QED) is 0.201. The van der Waals surface area contributed by atoms with Crippen LogP contribution in [0.15, 0.2) is 164 Å². The highest BCUT2D eigenvalue weighted by atomic mass is 15.1. The maximum Gasteiger partial charge on any atom is 0.0462 e. The van der Waals surface area contributed by atoms with E-state index in [9.17, 15) is 0 Å². The summed E-state index contributed by atoms with van der Waals surface area (Å²) in [6.45, 7) is 4.76. The first-order chi connectivity index (χ1) is 21.6. The van der Waals surface area contributed by atoms with Crippen LogP contribution in [0, 0.1) is 0 Å². The molecule has 0 fully saturated rings. The highest BCUT2D eigenvalue weighted by Crippen LogP contribution is 2.52. The van der Waals surface area contributed by atoms with Crippen LogP contribution in [0.1, 0.15) is 25.0 Å². The fourth-order valence-electron chi connectivity index (χ4n) is 7.05. The Balaban J connectivity index is 1.25. The van der Waals surface area contributed by atoms with E-state index in [1.807, 2.05) is 0 Å². The second kappa shape index (κ2) is 10.4. The molecular formula is C43H33N. The Labute approximate surface area is 259 Å². The highest BCUT2D eigenvalue weighted by Gasteiger charge is 2.34. The summed E-state index contributed by atoms with van der Waals surface area (Å²) < 4.78 is 0. The average molecular weight is 564 g/mol. The van der Waals surface area contributed by atoms with Gasteiger partial charge < -0.3 is 4.90 Å². The number of fused-ring (bicyclic) bond motifs is 2. The smallest absolute Gasteiger partial charge is 0.0462 e. The van der Waals surface area contributed by atoms with Crippen LogP contribution in [-0.4, -0.2) is 0 Å². The monoisotopic (exact) mass is 563 g/mol. The van der Waals surface area contributed by atoms with Gasteiger partial charge in [-0.1, -0.05) is 135 Å². The maximum absolute atomic E-state index is 2.43. The van der Waals surface area contributed by atoms with E-state index in [2.05, 4.69) is 183 Å². The number of benzene rings is 7. The minimum absolute atomic E-state index is 0.134. The molecule has 0 heterocycles. The van der Waals surface area contributed by atoms with Gasteiger partial charge in [0.2, 0.25) is 0 Å². The van der Waals surface area contributed by atoms with Crippen LogP contribution in [0.3, 0.4) is 0 Å². The second-order valence-corrected chi connectivity index (χ2v) is 12.2. The zero-order chi connectivity index (χ0) is 29.7. The van der Waals surface area contributed by atoms with Gasteiger partial charge in [0.15, 0.2) is 0 Å². The van der Waals surface area contributed by atoms with E-state index >= 15 is 0 Å². The Kier molecular flexibility index (Phi) is 6.20. The SMILES string of the molecule is CC1(C)c2cc(-c3ccc(N(c4ccccc4)c4ccccc4)cc3)ccc2-c2c(-c3ccccc3)ccc3cccc1c23.